The lowest BCUT2D eigenvalue weighted by Crippen LogP contribution is -2.23. The molecule has 2 rings (SSSR count). The van der Waals surface area contributed by atoms with Crippen LogP contribution in [0.4, 0.5) is 5.69 Å². The number of nitrogens with zero attached hydrogens (tertiary/aromatic N) is 1. The summed E-state index contributed by atoms with van der Waals surface area (Å²) in [5.41, 5.74) is 7.97. The Labute approximate surface area is 155 Å². The van der Waals surface area contributed by atoms with Gasteiger partial charge in [0.15, 0.2) is 5.96 Å². The number of anilines is 1. The molecule has 0 spiro atoms. The molecule has 0 aliphatic heterocycles. The van der Waals surface area contributed by atoms with Crippen molar-refractivity contribution in [1.82, 2.24) is 0 Å². The van der Waals surface area contributed by atoms with Crippen molar-refractivity contribution in [2.45, 2.75) is 26.4 Å². The molecule has 0 aliphatic carbocycles. The minimum absolute atomic E-state index is 0.151. The summed E-state index contributed by atoms with van der Waals surface area (Å²) in [6.45, 7) is 4.86. The topological polar surface area (TPSA) is 68.9 Å². The fourth-order valence-corrected chi connectivity index (χ4v) is 2.26. The molecule has 0 radical (unpaired) electrons. The summed E-state index contributed by atoms with van der Waals surface area (Å²) >= 11 is 0. The molecule has 26 heavy (non-hydrogen) atoms. The molecule has 0 saturated carbocycles. The molecule has 2 aromatic rings. The van der Waals surface area contributed by atoms with Gasteiger partial charge in [-0.15, -0.1) is 6.42 Å². The lowest BCUT2D eigenvalue weighted by molar-refractivity contribution is 0.242. The SMILES string of the molecule is C#CCOc1ccc(CCN=C(N)Nc2ccc(OC(C)C)cc2)cc1. The summed E-state index contributed by atoms with van der Waals surface area (Å²) in [6.07, 6.45) is 6.11. The number of nitrogens with two attached hydrogens (primary N) is 1. The zero-order chi connectivity index (χ0) is 18.8. The van der Waals surface area contributed by atoms with Crippen molar-refractivity contribution in [3.8, 4) is 23.8 Å². The Morgan fingerprint density at radius 1 is 1.12 bits per heavy atom. The highest BCUT2D eigenvalue weighted by Gasteiger charge is 2.00. The van der Waals surface area contributed by atoms with Crippen LogP contribution < -0.4 is 20.5 Å². The molecule has 0 atom stereocenters. The van der Waals surface area contributed by atoms with Crippen LogP contribution in [0.15, 0.2) is 53.5 Å². The fraction of sp³-hybridized carbons (Fsp3) is 0.286. The molecule has 0 bridgehead atoms. The molecule has 0 heterocycles. The highest BCUT2D eigenvalue weighted by atomic mass is 16.5. The first-order valence-electron chi connectivity index (χ1n) is 8.55. The molecule has 136 valence electrons. The number of rotatable bonds is 8. The average Bonchev–Trinajstić information content (AvgIpc) is 2.62. The first kappa shape index (κ1) is 19.2. The third-order valence-corrected chi connectivity index (χ3v) is 3.43. The van der Waals surface area contributed by atoms with Gasteiger partial charge in [-0.05, 0) is 62.2 Å². The minimum Gasteiger partial charge on any atom is -0.491 e. The van der Waals surface area contributed by atoms with Crippen molar-refractivity contribution >= 4 is 11.6 Å². The second-order valence-corrected chi connectivity index (χ2v) is 5.97. The first-order chi connectivity index (χ1) is 12.6. The van der Waals surface area contributed by atoms with Crippen LogP contribution in [0.5, 0.6) is 11.5 Å². The second-order valence-electron chi connectivity index (χ2n) is 5.97. The summed E-state index contributed by atoms with van der Waals surface area (Å²) < 4.78 is 11.0. The van der Waals surface area contributed by atoms with E-state index in [1.54, 1.807) is 0 Å². The molecule has 2 aromatic carbocycles. The quantitative estimate of drug-likeness (QED) is 0.434. The van der Waals surface area contributed by atoms with Crippen LogP contribution in [0.2, 0.25) is 0 Å². The van der Waals surface area contributed by atoms with E-state index in [9.17, 15) is 0 Å². The monoisotopic (exact) mass is 351 g/mol. The molecule has 3 N–H and O–H groups in total. The van der Waals surface area contributed by atoms with Gasteiger partial charge in [-0.2, -0.15) is 0 Å². The highest BCUT2D eigenvalue weighted by molar-refractivity contribution is 5.92. The Morgan fingerprint density at radius 3 is 2.38 bits per heavy atom. The fourth-order valence-electron chi connectivity index (χ4n) is 2.26. The number of ether oxygens (including phenoxy) is 2. The van der Waals surface area contributed by atoms with Crippen molar-refractivity contribution in [2.75, 3.05) is 18.5 Å². The molecule has 5 heteroatoms. The standard InChI is InChI=1S/C21H25N3O2/c1-4-15-25-19-9-5-17(6-10-19)13-14-23-21(22)24-18-7-11-20(12-8-18)26-16(2)3/h1,5-12,16H,13-15H2,2-3H3,(H3,22,23,24). The summed E-state index contributed by atoms with van der Waals surface area (Å²) in [7, 11) is 0. The van der Waals surface area contributed by atoms with E-state index in [1.165, 1.54) is 0 Å². The maximum absolute atomic E-state index is 5.94. The van der Waals surface area contributed by atoms with Gasteiger partial charge in [0.05, 0.1) is 6.10 Å². The highest BCUT2D eigenvalue weighted by Crippen LogP contribution is 2.16. The van der Waals surface area contributed by atoms with Gasteiger partial charge in [0.1, 0.15) is 18.1 Å². The molecule has 0 aliphatic rings. The van der Waals surface area contributed by atoms with E-state index < -0.39 is 0 Å². The number of aliphatic imine (C=N–C) groups is 1. The van der Waals surface area contributed by atoms with E-state index in [4.69, 9.17) is 21.6 Å². The van der Waals surface area contributed by atoms with E-state index in [1.807, 2.05) is 62.4 Å². The summed E-state index contributed by atoms with van der Waals surface area (Å²) in [4.78, 5) is 4.35. The largest absolute Gasteiger partial charge is 0.491 e. The molecule has 0 saturated heterocycles. The maximum atomic E-state index is 5.94. The van der Waals surface area contributed by atoms with Crippen LogP contribution in [0.1, 0.15) is 19.4 Å². The molecule has 0 amide bonds. The smallest absolute Gasteiger partial charge is 0.193 e. The molecule has 0 fully saturated rings. The predicted molar refractivity (Wildman–Crippen MR) is 107 cm³/mol. The molecular weight excluding hydrogens is 326 g/mol. The van der Waals surface area contributed by atoms with Crippen molar-refractivity contribution in [2.24, 2.45) is 10.7 Å². The normalized spacial score (nSPS) is 11.1. The number of nitrogens with one attached hydrogen (secondary N) is 1. The van der Waals surface area contributed by atoms with Gasteiger partial charge >= 0.3 is 0 Å². The van der Waals surface area contributed by atoms with Crippen LogP contribution >= 0.6 is 0 Å². The van der Waals surface area contributed by atoms with Gasteiger partial charge in [0, 0.05) is 12.2 Å². The maximum Gasteiger partial charge on any atom is 0.193 e. The Hall–Kier alpha value is -3.13. The Morgan fingerprint density at radius 2 is 1.77 bits per heavy atom. The molecule has 0 aromatic heterocycles. The number of hydrogen-bond donors (Lipinski definition) is 2. The van der Waals surface area contributed by atoms with Gasteiger partial charge < -0.3 is 20.5 Å². The van der Waals surface area contributed by atoms with E-state index >= 15 is 0 Å². The third-order valence-electron chi connectivity index (χ3n) is 3.43. The number of terminal acetylenes is 1. The molecule has 5 nitrogen and oxygen atoms in total. The lowest BCUT2D eigenvalue weighted by Gasteiger charge is -2.11. The first-order valence-corrected chi connectivity index (χ1v) is 8.55. The van der Waals surface area contributed by atoms with Crippen LogP contribution in [0, 0.1) is 12.3 Å². The Bertz CT molecular complexity index is 744. The molecule has 0 unspecified atom stereocenters. The average molecular weight is 351 g/mol. The van der Waals surface area contributed by atoms with Gasteiger partial charge in [-0.1, -0.05) is 18.1 Å². The Kier molecular flexibility index (Phi) is 7.38. The van der Waals surface area contributed by atoms with Gasteiger partial charge in [0.25, 0.3) is 0 Å². The van der Waals surface area contributed by atoms with Crippen molar-refractivity contribution in [1.29, 1.82) is 0 Å². The van der Waals surface area contributed by atoms with E-state index in [2.05, 4.69) is 16.2 Å². The van der Waals surface area contributed by atoms with Gasteiger partial charge in [0.2, 0.25) is 0 Å². The van der Waals surface area contributed by atoms with Crippen molar-refractivity contribution in [3.05, 3.63) is 54.1 Å². The lowest BCUT2D eigenvalue weighted by atomic mass is 10.1. The number of hydrogen-bond acceptors (Lipinski definition) is 3. The molecular formula is C21H25N3O2. The van der Waals surface area contributed by atoms with Crippen LogP contribution in [-0.4, -0.2) is 25.2 Å². The van der Waals surface area contributed by atoms with Crippen molar-refractivity contribution in [3.63, 3.8) is 0 Å². The summed E-state index contributed by atoms with van der Waals surface area (Å²) in [5, 5.41) is 3.07. The van der Waals surface area contributed by atoms with E-state index in [-0.39, 0.29) is 12.7 Å². The summed E-state index contributed by atoms with van der Waals surface area (Å²) in [6, 6.07) is 15.4. The summed E-state index contributed by atoms with van der Waals surface area (Å²) in [5.74, 6) is 4.42. The zero-order valence-electron chi connectivity index (χ0n) is 15.2. The predicted octanol–water partition coefficient (Wildman–Crippen LogP) is 3.46. The van der Waals surface area contributed by atoms with E-state index in [0.29, 0.717) is 12.5 Å². The third kappa shape index (κ3) is 6.78. The van der Waals surface area contributed by atoms with Crippen molar-refractivity contribution < 1.29 is 9.47 Å². The van der Waals surface area contributed by atoms with Crippen LogP contribution in [0.25, 0.3) is 0 Å². The number of guanidine groups is 1. The second kappa shape index (κ2) is 10.00. The van der Waals surface area contributed by atoms with E-state index in [0.717, 1.165) is 29.2 Å². The zero-order valence-corrected chi connectivity index (χ0v) is 15.2. The Balaban J connectivity index is 1.80. The van der Waals surface area contributed by atoms with Gasteiger partial charge in [-0.3, -0.25) is 4.99 Å². The van der Waals surface area contributed by atoms with Gasteiger partial charge in [-0.25, -0.2) is 0 Å². The van der Waals surface area contributed by atoms with Crippen LogP contribution in [-0.2, 0) is 6.42 Å². The minimum atomic E-state index is 0.151. The van der Waals surface area contributed by atoms with Crippen LogP contribution in [0.3, 0.4) is 0 Å². The number of benzene rings is 2.